The summed E-state index contributed by atoms with van der Waals surface area (Å²) in [4.78, 5) is 24.7. The molecule has 1 aromatic heterocycles. The molecular formula is C21H27N3O4S. The molecule has 1 saturated heterocycles. The Balaban J connectivity index is 1.80. The second-order valence-electron chi connectivity index (χ2n) is 7.21. The number of nitrogens with zero attached hydrogens (tertiary/aromatic N) is 2. The van der Waals surface area contributed by atoms with Gasteiger partial charge in [-0.2, -0.15) is 4.31 Å². The van der Waals surface area contributed by atoms with Crippen LogP contribution in [0.25, 0.3) is 0 Å². The molecule has 2 heterocycles. The average molecular weight is 418 g/mol. The predicted octanol–water partition coefficient (Wildman–Crippen LogP) is 2.61. The fourth-order valence-electron chi connectivity index (χ4n) is 3.51. The van der Waals surface area contributed by atoms with Crippen molar-refractivity contribution >= 4 is 21.6 Å². The quantitative estimate of drug-likeness (QED) is 0.783. The summed E-state index contributed by atoms with van der Waals surface area (Å²) in [5.41, 5.74) is 1.27. The maximum Gasteiger partial charge on any atom is 0.251 e. The molecule has 156 valence electrons. The lowest BCUT2D eigenvalue weighted by Gasteiger charge is -2.20. The molecular weight excluding hydrogens is 390 g/mol. The molecule has 0 atom stereocenters. The minimum Gasteiger partial charge on any atom is -0.324 e. The summed E-state index contributed by atoms with van der Waals surface area (Å²) in [5, 5.41) is 2.81. The number of anilines is 1. The molecule has 8 heteroatoms. The first-order chi connectivity index (χ1) is 13.9. The van der Waals surface area contributed by atoms with E-state index in [2.05, 4.69) is 5.32 Å². The minimum absolute atomic E-state index is 0.0424. The fourth-order valence-corrected chi connectivity index (χ4v) is 5.05. The number of nitrogens with one attached hydrogen (secondary N) is 1. The summed E-state index contributed by atoms with van der Waals surface area (Å²) in [6.45, 7) is 2.71. The highest BCUT2D eigenvalue weighted by atomic mass is 32.2. The van der Waals surface area contributed by atoms with Gasteiger partial charge >= 0.3 is 0 Å². The fraction of sp³-hybridized carbons (Fsp3) is 0.429. The Bertz CT molecular complexity index is 1020. The van der Waals surface area contributed by atoms with E-state index in [1.807, 2.05) is 25.1 Å². The van der Waals surface area contributed by atoms with Gasteiger partial charge in [0.2, 0.25) is 15.9 Å². The number of amides is 1. The van der Waals surface area contributed by atoms with Crippen molar-refractivity contribution in [2.45, 2.75) is 50.5 Å². The molecule has 0 spiro atoms. The summed E-state index contributed by atoms with van der Waals surface area (Å²) < 4.78 is 28.6. The molecule has 3 rings (SSSR count). The van der Waals surface area contributed by atoms with Crippen molar-refractivity contribution in [3.8, 4) is 0 Å². The molecule has 29 heavy (non-hydrogen) atoms. The number of para-hydroxylation sites is 1. The molecule has 1 aliphatic rings. The molecule has 0 aliphatic carbocycles. The molecule has 1 amide bonds. The van der Waals surface area contributed by atoms with Gasteiger partial charge in [0.15, 0.2) is 0 Å². The molecule has 0 bridgehead atoms. The van der Waals surface area contributed by atoms with Crippen LogP contribution in [0.4, 0.5) is 5.69 Å². The Hall–Kier alpha value is -2.45. The maximum absolute atomic E-state index is 13.0. The van der Waals surface area contributed by atoms with Gasteiger partial charge in [0, 0.05) is 31.0 Å². The van der Waals surface area contributed by atoms with Gasteiger partial charge in [-0.3, -0.25) is 9.59 Å². The van der Waals surface area contributed by atoms with Gasteiger partial charge in [0.05, 0.1) is 4.90 Å². The van der Waals surface area contributed by atoms with Crippen LogP contribution in [0.2, 0.25) is 0 Å². The van der Waals surface area contributed by atoms with E-state index in [0.717, 1.165) is 42.2 Å². The topological polar surface area (TPSA) is 88.5 Å². The minimum atomic E-state index is -3.69. The van der Waals surface area contributed by atoms with Crippen LogP contribution in [0.5, 0.6) is 0 Å². The molecule has 1 fully saturated rings. The third kappa shape index (κ3) is 5.13. The summed E-state index contributed by atoms with van der Waals surface area (Å²) in [6.07, 6.45) is 5.74. The maximum atomic E-state index is 13.0. The summed E-state index contributed by atoms with van der Waals surface area (Å²) in [7, 11) is -3.69. The Kier molecular flexibility index (Phi) is 6.87. The molecule has 7 nitrogen and oxygen atoms in total. The highest BCUT2D eigenvalue weighted by Crippen LogP contribution is 2.20. The van der Waals surface area contributed by atoms with Crippen molar-refractivity contribution in [2.24, 2.45) is 0 Å². The number of carbonyl (C=O) groups excluding carboxylic acids is 1. The normalized spacial score (nSPS) is 15.6. The van der Waals surface area contributed by atoms with E-state index in [0.29, 0.717) is 18.8 Å². The van der Waals surface area contributed by atoms with Crippen LogP contribution in [0.1, 0.15) is 38.2 Å². The Morgan fingerprint density at radius 3 is 2.41 bits per heavy atom. The predicted molar refractivity (Wildman–Crippen MR) is 112 cm³/mol. The van der Waals surface area contributed by atoms with Gasteiger partial charge in [0.25, 0.3) is 5.56 Å². The summed E-state index contributed by atoms with van der Waals surface area (Å²) in [5.74, 6) is -0.377. The highest BCUT2D eigenvalue weighted by molar-refractivity contribution is 7.89. The van der Waals surface area contributed by atoms with Crippen molar-refractivity contribution in [3.63, 3.8) is 0 Å². The van der Waals surface area contributed by atoms with E-state index < -0.39 is 15.6 Å². The number of pyridine rings is 1. The number of sulfonamides is 1. The van der Waals surface area contributed by atoms with E-state index >= 15 is 0 Å². The van der Waals surface area contributed by atoms with Crippen molar-refractivity contribution in [3.05, 3.63) is 58.5 Å². The molecule has 1 aliphatic heterocycles. The number of rotatable bonds is 6. The Labute approximate surface area is 171 Å². The SMILES string of the molecule is CCc1ccccc1NC(=O)Cn1cc(S(=O)(=O)N2CCCCCC2)ccc1=O. The van der Waals surface area contributed by atoms with Crippen molar-refractivity contribution in [1.29, 1.82) is 0 Å². The number of benzene rings is 1. The highest BCUT2D eigenvalue weighted by Gasteiger charge is 2.26. The van der Waals surface area contributed by atoms with Crippen LogP contribution >= 0.6 is 0 Å². The number of aromatic nitrogens is 1. The molecule has 0 radical (unpaired) electrons. The molecule has 0 saturated carbocycles. The van der Waals surface area contributed by atoms with E-state index in [-0.39, 0.29) is 17.3 Å². The van der Waals surface area contributed by atoms with Crippen molar-refractivity contribution in [1.82, 2.24) is 8.87 Å². The number of hydrogen-bond acceptors (Lipinski definition) is 4. The number of aryl methyl sites for hydroxylation is 1. The van der Waals surface area contributed by atoms with Crippen LogP contribution in [0, 0.1) is 0 Å². The van der Waals surface area contributed by atoms with Gasteiger partial charge in [-0.05, 0) is 37.0 Å². The average Bonchev–Trinajstić information content (AvgIpc) is 3.00. The first-order valence-corrected chi connectivity index (χ1v) is 11.4. The van der Waals surface area contributed by atoms with Crippen molar-refractivity contribution < 1.29 is 13.2 Å². The summed E-state index contributed by atoms with van der Waals surface area (Å²) in [6, 6.07) is 9.99. The van der Waals surface area contributed by atoms with Crippen LogP contribution in [-0.2, 0) is 27.8 Å². The first kappa shape index (κ1) is 21.3. The third-order valence-electron chi connectivity index (χ3n) is 5.15. The van der Waals surface area contributed by atoms with E-state index in [1.165, 1.54) is 22.6 Å². The second-order valence-corrected chi connectivity index (χ2v) is 9.15. The standard InChI is InChI=1S/C21H27N3O4S/c1-2-17-9-5-6-10-19(17)22-20(25)16-23-15-18(11-12-21(23)26)29(27,28)24-13-7-3-4-8-14-24/h5-6,9-12,15H,2-4,7-8,13-14,16H2,1H3,(H,22,25). The molecule has 0 unspecified atom stereocenters. The summed E-state index contributed by atoms with van der Waals surface area (Å²) >= 11 is 0. The monoisotopic (exact) mass is 417 g/mol. The zero-order valence-corrected chi connectivity index (χ0v) is 17.5. The largest absolute Gasteiger partial charge is 0.324 e. The van der Waals surface area contributed by atoms with Crippen LogP contribution in [-0.4, -0.2) is 36.3 Å². The van der Waals surface area contributed by atoms with Crippen molar-refractivity contribution in [2.75, 3.05) is 18.4 Å². The first-order valence-electron chi connectivity index (χ1n) is 10.00. The second kappa shape index (κ2) is 9.37. The zero-order chi connectivity index (χ0) is 20.9. The molecule has 1 aromatic carbocycles. The van der Waals surface area contributed by atoms with Gasteiger partial charge in [-0.25, -0.2) is 8.42 Å². The Morgan fingerprint density at radius 2 is 1.72 bits per heavy atom. The van der Waals surface area contributed by atoms with E-state index in [1.54, 1.807) is 6.07 Å². The lowest BCUT2D eigenvalue weighted by atomic mass is 10.1. The van der Waals surface area contributed by atoms with Gasteiger partial charge in [-0.15, -0.1) is 0 Å². The van der Waals surface area contributed by atoms with Crippen LogP contribution in [0.15, 0.2) is 52.3 Å². The number of carbonyl (C=O) groups is 1. The smallest absolute Gasteiger partial charge is 0.251 e. The van der Waals surface area contributed by atoms with E-state index in [4.69, 9.17) is 0 Å². The number of hydrogen-bond donors (Lipinski definition) is 1. The molecule has 1 N–H and O–H groups in total. The lowest BCUT2D eigenvalue weighted by Crippen LogP contribution is -2.33. The van der Waals surface area contributed by atoms with Gasteiger partial charge < -0.3 is 9.88 Å². The lowest BCUT2D eigenvalue weighted by molar-refractivity contribution is -0.116. The van der Waals surface area contributed by atoms with Crippen LogP contribution in [0.3, 0.4) is 0 Å². The third-order valence-corrected chi connectivity index (χ3v) is 7.03. The van der Waals surface area contributed by atoms with E-state index in [9.17, 15) is 18.0 Å². The Morgan fingerprint density at radius 1 is 1.03 bits per heavy atom. The molecule has 2 aromatic rings. The van der Waals surface area contributed by atoms with Crippen LogP contribution < -0.4 is 10.9 Å². The van der Waals surface area contributed by atoms with Gasteiger partial charge in [0.1, 0.15) is 6.54 Å². The van der Waals surface area contributed by atoms with Gasteiger partial charge in [-0.1, -0.05) is 38.0 Å². The zero-order valence-electron chi connectivity index (χ0n) is 16.6.